The summed E-state index contributed by atoms with van der Waals surface area (Å²) in [5, 5.41) is 5.06. The minimum absolute atomic E-state index is 0.168. The largest absolute Gasteiger partial charge is 0.497 e. The molecule has 112 valence electrons. The number of nitrogens with zero attached hydrogens (tertiary/aromatic N) is 1. The second-order valence-electron chi connectivity index (χ2n) is 4.39. The molecule has 0 aliphatic carbocycles. The van der Waals surface area contributed by atoms with Crippen molar-refractivity contribution in [3.8, 4) is 11.5 Å². The van der Waals surface area contributed by atoms with Gasteiger partial charge in [-0.05, 0) is 25.1 Å². The number of anilines is 1. The predicted octanol–water partition coefficient (Wildman–Crippen LogP) is 2.43. The van der Waals surface area contributed by atoms with E-state index in [9.17, 15) is 4.79 Å². The highest BCUT2D eigenvalue weighted by Gasteiger charge is 2.16. The molecular weight excluding hydrogens is 290 g/mol. The number of aromatic nitrogens is 1. The van der Waals surface area contributed by atoms with Crippen LogP contribution in [0.2, 0.25) is 0 Å². The number of carbonyl (C=O) groups is 1. The first-order valence-electron chi connectivity index (χ1n) is 6.29. The summed E-state index contributed by atoms with van der Waals surface area (Å²) in [7, 11) is 3.05. The van der Waals surface area contributed by atoms with Gasteiger partial charge in [0.15, 0.2) is 5.13 Å². The Morgan fingerprint density at radius 3 is 2.71 bits per heavy atom. The highest BCUT2D eigenvalue weighted by atomic mass is 32.1. The molecule has 21 heavy (non-hydrogen) atoms. The maximum Gasteiger partial charge on any atom is 0.261 e. The fraction of sp³-hybridized carbons (Fsp3) is 0.286. The molecule has 3 N–H and O–H groups in total. The predicted molar refractivity (Wildman–Crippen MR) is 82.2 cm³/mol. The third-order valence-electron chi connectivity index (χ3n) is 2.86. The van der Waals surface area contributed by atoms with E-state index in [1.54, 1.807) is 25.3 Å². The molecule has 0 aliphatic heterocycles. The molecule has 1 unspecified atom stereocenters. The number of nitrogens with two attached hydrogens (primary N) is 1. The van der Waals surface area contributed by atoms with Gasteiger partial charge in [-0.3, -0.25) is 10.1 Å². The Balaban J connectivity index is 2.22. The lowest BCUT2D eigenvalue weighted by atomic mass is 10.1. The van der Waals surface area contributed by atoms with Crippen molar-refractivity contribution in [3.63, 3.8) is 0 Å². The van der Waals surface area contributed by atoms with Crippen LogP contribution in [0.4, 0.5) is 5.13 Å². The van der Waals surface area contributed by atoms with Crippen LogP contribution in [0.25, 0.3) is 0 Å². The van der Waals surface area contributed by atoms with E-state index in [0.29, 0.717) is 22.2 Å². The third-order valence-corrected chi connectivity index (χ3v) is 3.64. The summed E-state index contributed by atoms with van der Waals surface area (Å²) in [4.78, 5) is 16.6. The van der Waals surface area contributed by atoms with Crippen molar-refractivity contribution in [2.75, 3.05) is 19.5 Å². The molecule has 0 spiro atoms. The molecule has 0 aliphatic rings. The summed E-state index contributed by atoms with van der Waals surface area (Å²) < 4.78 is 10.3. The number of methoxy groups -OCH3 is 2. The first kappa shape index (κ1) is 15.3. The van der Waals surface area contributed by atoms with Crippen molar-refractivity contribution in [2.24, 2.45) is 5.73 Å². The molecule has 1 heterocycles. The van der Waals surface area contributed by atoms with Crippen molar-refractivity contribution < 1.29 is 14.3 Å². The van der Waals surface area contributed by atoms with E-state index >= 15 is 0 Å². The van der Waals surface area contributed by atoms with Gasteiger partial charge in [0.25, 0.3) is 5.91 Å². The number of hydrogen-bond acceptors (Lipinski definition) is 6. The van der Waals surface area contributed by atoms with Crippen LogP contribution in [0.15, 0.2) is 23.6 Å². The van der Waals surface area contributed by atoms with Gasteiger partial charge in [-0.25, -0.2) is 4.98 Å². The standard InChI is InChI=1S/C14H17N3O3S/c1-8(15)11-7-21-14(16-11)17-13(18)10-6-9(19-2)4-5-12(10)20-3/h4-8H,15H2,1-3H3,(H,16,17,18). The molecule has 2 aromatic rings. The van der Waals surface area contributed by atoms with E-state index in [4.69, 9.17) is 15.2 Å². The number of hydrogen-bond donors (Lipinski definition) is 2. The zero-order valence-electron chi connectivity index (χ0n) is 12.0. The van der Waals surface area contributed by atoms with E-state index < -0.39 is 0 Å². The van der Waals surface area contributed by atoms with Crippen LogP contribution in [0.3, 0.4) is 0 Å². The molecular formula is C14H17N3O3S. The summed E-state index contributed by atoms with van der Waals surface area (Å²) in [6.07, 6.45) is 0. The lowest BCUT2D eigenvalue weighted by Gasteiger charge is -2.09. The van der Waals surface area contributed by atoms with Crippen LogP contribution < -0.4 is 20.5 Å². The van der Waals surface area contributed by atoms with E-state index in [2.05, 4.69) is 10.3 Å². The first-order valence-corrected chi connectivity index (χ1v) is 7.17. The van der Waals surface area contributed by atoms with Crippen molar-refractivity contribution in [1.29, 1.82) is 0 Å². The van der Waals surface area contributed by atoms with Gasteiger partial charge in [-0.1, -0.05) is 0 Å². The number of nitrogens with one attached hydrogen (secondary N) is 1. The second kappa shape index (κ2) is 6.55. The molecule has 0 fully saturated rings. The van der Waals surface area contributed by atoms with Crippen LogP contribution in [0, 0.1) is 0 Å². The number of amides is 1. The van der Waals surface area contributed by atoms with Gasteiger partial charge < -0.3 is 15.2 Å². The maximum absolute atomic E-state index is 12.3. The average Bonchev–Trinajstić information content (AvgIpc) is 2.95. The summed E-state index contributed by atoms with van der Waals surface area (Å²) in [6.45, 7) is 1.84. The first-order chi connectivity index (χ1) is 10.0. The van der Waals surface area contributed by atoms with E-state index in [-0.39, 0.29) is 11.9 Å². The SMILES string of the molecule is COc1ccc(OC)c(C(=O)Nc2nc(C(C)N)cs2)c1. The fourth-order valence-electron chi connectivity index (χ4n) is 1.71. The van der Waals surface area contributed by atoms with Gasteiger partial charge in [0.1, 0.15) is 11.5 Å². The van der Waals surface area contributed by atoms with E-state index in [0.717, 1.165) is 5.69 Å². The molecule has 1 atom stereocenters. The minimum Gasteiger partial charge on any atom is -0.497 e. The second-order valence-corrected chi connectivity index (χ2v) is 5.24. The molecule has 1 amide bonds. The average molecular weight is 307 g/mol. The highest BCUT2D eigenvalue weighted by Crippen LogP contribution is 2.26. The van der Waals surface area contributed by atoms with Crippen molar-refractivity contribution in [2.45, 2.75) is 13.0 Å². The highest BCUT2D eigenvalue weighted by molar-refractivity contribution is 7.14. The van der Waals surface area contributed by atoms with Crippen LogP contribution in [-0.4, -0.2) is 25.1 Å². The summed E-state index contributed by atoms with van der Waals surface area (Å²) in [6, 6.07) is 4.86. The number of rotatable bonds is 5. The van der Waals surface area contributed by atoms with E-state index in [1.165, 1.54) is 18.4 Å². The molecule has 0 saturated heterocycles. The number of ether oxygens (including phenoxy) is 2. The number of carbonyl (C=O) groups excluding carboxylic acids is 1. The van der Waals surface area contributed by atoms with Crippen LogP contribution >= 0.6 is 11.3 Å². The Hall–Kier alpha value is -2.12. The Morgan fingerprint density at radius 2 is 2.14 bits per heavy atom. The third kappa shape index (κ3) is 3.50. The zero-order valence-corrected chi connectivity index (χ0v) is 12.9. The van der Waals surface area contributed by atoms with Crippen molar-refractivity contribution in [3.05, 3.63) is 34.8 Å². The molecule has 0 saturated carbocycles. The number of benzene rings is 1. The van der Waals surface area contributed by atoms with E-state index in [1.807, 2.05) is 12.3 Å². The van der Waals surface area contributed by atoms with Crippen molar-refractivity contribution in [1.82, 2.24) is 4.98 Å². The summed E-state index contributed by atoms with van der Waals surface area (Å²) in [5.41, 5.74) is 6.87. The monoisotopic (exact) mass is 307 g/mol. The zero-order chi connectivity index (χ0) is 15.4. The van der Waals surface area contributed by atoms with Gasteiger partial charge >= 0.3 is 0 Å². The van der Waals surface area contributed by atoms with Crippen LogP contribution in [0.1, 0.15) is 29.0 Å². The molecule has 1 aromatic heterocycles. The van der Waals surface area contributed by atoms with Gasteiger partial charge in [-0.15, -0.1) is 11.3 Å². The molecule has 6 nitrogen and oxygen atoms in total. The molecule has 0 radical (unpaired) electrons. The smallest absolute Gasteiger partial charge is 0.261 e. The Kier molecular flexibility index (Phi) is 4.77. The van der Waals surface area contributed by atoms with Crippen LogP contribution in [-0.2, 0) is 0 Å². The summed E-state index contributed by atoms with van der Waals surface area (Å²) in [5.74, 6) is 0.741. The molecule has 2 rings (SSSR count). The maximum atomic E-state index is 12.3. The fourth-order valence-corrected chi connectivity index (χ4v) is 2.52. The normalized spacial score (nSPS) is 11.8. The lowest BCUT2D eigenvalue weighted by molar-refractivity contribution is 0.102. The lowest BCUT2D eigenvalue weighted by Crippen LogP contribution is -2.13. The minimum atomic E-state index is -0.309. The number of thiazole rings is 1. The topological polar surface area (TPSA) is 86.5 Å². The molecule has 1 aromatic carbocycles. The Morgan fingerprint density at radius 1 is 1.38 bits per heavy atom. The quantitative estimate of drug-likeness (QED) is 0.886. The van der Waals surface area contributed by atoms with Gasteiger partial charge in [0.2, 0.25) is 0 Å². The van der Waals surface area contributed by atoms with Crippen molar-refractivity contribution >= 4 is 22.4 Å². The Bertz CT molecular complexity index is 640. The summed E-state index contributed by atoms with van der Waals surface area (Å²) >= 11 is 1.33. The molecule has 7 heteroatoms. The van der Waals surface area contributed by atoms with Crippen LogP contribution in [0.5, 0.6) is 11.5 Å². The van der Waals surface area contributed by atoms with Gasteiger partial charge in [0.05, 0.1) is 25.5 Å². The van der Waals surface area contributed by atoms with Gasteiger partial charge in [0, 0.05) is 11.4 Å². The molecule has 0 bridgehead atoms. The Labute approximate surface area is 126 Å². The van der Waals surface area contributed by atoms with Gasteiger partial charge in [-0.2, -0.15) is 0 Å².